The van der Waals surface area contributed by atoms with Crippen LogP contribution in [0.2, 0.25) is 0 Å². The summed E-state index contributed by atoms with van der Waals surface area (Å²) < 4.78 is 0. The van der Waals surface area contributed by atoms with Crippen molar-refractivity contribution in [3.8, 4) is 22.5 Å². The number of carbonyl (C=O) groups excluding carboxylic acids is 2. The fourth-order valence-corrected chi connectivity index (χ4v) is 4.23. The predicted molar refractivity (Wildman–Crippen MR) is 116 cm³/mol. The van der Waals surface area contributed by atoms with Crippen LogP contribution in [0.5, 0.6) is 0 Å². The van der Waals surface area contributed by atoms with Crippen molar-refractivity contribution in [2.75, 3.05) is 18.8 Å². The molecule has 1 aliphatic rings. The van der Waals surface area contributed by atoms with E-state index in [9.17, 15) is 14.7 Å². The van der Waals surface area contributed by atoms with Gasteiger partial charge in [0.25, 0.3) is 0 Å². The number of likely N-dealkylation sites (tertiary alicyclic amines) is 1. The van der Waals surface area contributed by atoms with Gasteiger partial charge in [0.05, 0.1) is 5.75 Å². The highest BCUT2D eigenvalue weighted by atomic mass is 32.2. The van der Waals surface area contributed by atoms with E-state index in [4.69, 9.17) is 4.98 Å². The molecule has 0 spiro atoms. The molecule has 8 heteroatoms. The number of carboxylic acids is 1. The molecule has 2 heterocycles. The molecule has 3 aromatic rings. The van der Waals surface area contributed by atoms with Crippen LogP contribution in [-0.2, 0) is 9.59 Å². The van der Waals surface area contributed by atoms with E-state index in [0.29, 0.717) is 42.5 Å². The molecule has 0 radical (unpaired) electrons. The van der Waals surface area contributed by atoms with Crippen molar-refractivity contribution in [2.45, 2.75) is 18.0 Å². The lowest BCUT2D eigenvalue weighted by atomic mass is 9.97. The van der Waals surface area contributed by atoms with Crippen molar-refractivity contribution in [3.63, 3.8) is 0 Å². The van der Waals surface area contributed by atoms with Gasteiger partial charge in [0.1, 0.15) is 11.4 Å². The van der Waals surface area contributed by atoms with Gasteiger partial charge in [-0.15, -0.1) is 10.2 Å². The highest BCUT2D eigenvalue weighted by Crippen LogP contribution is 2.29. The van der Waals surface area contributed by atoms with Crippen molar-refractivity contribution in [1.29, 1.82) is 0 Å². The number of carboxylic acid groups (broad SMARTS) is 1. The number of piperidine rings is 1. The Morgan fingerprint density at radius 2 is 1.48 bits per heavy atom. The average Bonchev–Trinajstić information content (AvgIpc) is 2.83. The van der Waals surface area contributed by atoms with Gasteiger partial charge in [-0.2, -0.15) is 0 Å². The Bertz CT molecular complexity index is 1050. The molecule has 1 aromatic heterocycles. The van der Waals surface area contributed by atoms with E-state index < -0.39 is 11.9 Å². The van der Waals surface area contributed by atoms with Crippen LogP contribution in [0, 0.1) is 5.92 Å². The summed E-state index contributed by atoms with van der Waals surface area (Å²) in [6.45, 7) is 0.860. The molecule has 7 nitrogen and oxygen atoms in total. The lowest BCUT2D eigenvalue weighted by Gasteiger charge is -2.32. The van der Waals surface area contributed by atoms with E-state index in [1.54, 1.807) is 4.90 Å². The number of aliphatic carboxylic acids is 1. The largest absolute Gasteiger partial charge is 0.550 e. The molecule has 2 aromatic carbocycles. The van der Waals surface area contributed by atoms with Gasteiger partial charge >= 0.3 is 0 Å². The molecule has 1 saturated heterocycles. The van der Waals surface area contributed by atoms with Crippen molar-refractivity contribution < 1.29 is 14.7 Å². The number of thioether (sulfide) groups is 1. The molecular weight excluding hydrogens is 412 g/mol. The second kappa shape index (κ2) is 9.70. The van der Waals surface area contributed by atoms with Crippen LogP contribution in [0.15, 0.2) is 65.8 Å². The second-order valence-corrected chi connectivity index (χ2v) is 8.23. The van der Waals surface area contributed by atoms with Crippen LogP contribution < -0.4 is 5.11 Å². The standard InChI is InChI=1S/C23H22N4O3S/c28-19(27-13-11-18(12-14-27)22(29)30)15-31-23-24-20(16-7-3-1-4-8-16)21(25-26-23)17-9-5-2-6-10-17/h1-10,18H,11-15H2,(H,29,30)/p-1. The molecule has 0 atom stereocenters. The van der Waals surface area contributed by atoms with Crippen molar-refractivity contribution in [2.24, 2.45) is 5.92 Å². The first-order valence-corrected chi connectivity index (χ1v) is 11.1. The van der Waals surface area contributed by atoms with E-state index in [-0.39, 0.29) is 11.7 Å². The Morgan fingerprint density at radius 3 is 2.06 bits per heavy atom. The van der Waals surface area contributed by atoms with Gasteiger partial charge in [0, 0.05) is 36.1 Å². The lowest BCUT2D eigenvalue weighted by molar-refractivity contribution is -0.312. The Hall–Kier alpha value is -3.26. The number of rotatable bonds is 6. The molecular formula is C23H21N4O3S-. The quantitative estimate of drug-likeness (QED) is 0.550. The number of benzene rings is 2. The number of nitrogens with zero attached hydrogens (tertiary/aromatic N) is 4. The molecule has 31 heavy (non-hydrogen) atoms. The second-order valence-electron chi connectivity index (χ2n) is 7.29. The van der Waals surface area contributed by atoms with E-state index in [0.717, 1.165) is 11.1 Å². The van der Waals surface area contributed by atoms with Crippen LogP contribution in [0.3, 0.4) is 0 Å². The maximum Gasteiger partial charge on any atom is 0.233 e. The number of amides is 1. The topological polar surface area (TPSA) is 99.1 Å². The summed E-state index contributed by atoms with van der Waals surface area (Å²) in [5.74, 6) is -1.38. The summed E-state index contributed by atoms with van der Waals surface area (Å²) in [7, 11) is 0. The fourth-order valence-electron chi connectivity index (χ4n) is 3.54. The van der Waals surface area contributed by atoms with Crippen LogP contribution in [-0.4, -0.2) is 50.8 Å². The van der Waals surface area contributed by atoms with Crippen molar-refractivity contribution in [1.82, 2.24) is 20.1 Å². The first-order chi connectivity index (χ1) is 15.1. The normalized spacial score (nSPS) is 14.4. The molecule has 1 amide bonds. The minimum Gasteiger partial charge on any atom is -0.550 e. The van der Waals surface area contributed by atoms with Gasteiger partial charge in [-0.1, -0.05) is 72.4 Å². The molecule has 1 aliphatic heterocycles. The zero-order valence-electron chi connectivity index (χ0n) is 16.8. The first-order valence-electron chi connectivity index (χ1n) is 10.1. The van der Waals surface area contributed by atoms with E-state index in [1.165, 1.54) is 11.8 Å². The highest BCUT2D eigenvalue weighted by molar-refractivity contribution is 7.99. The van der Waals surface area contributed by atoms with Crippen LogP contribution >= 0.6 is 11.8 Å². The SMILES string of the molecule is O=C([O-])C1CCN(C(=O)CSc2nnc(-c3ccccc3)c(-c3ccccc3)n2)CC1. The Labute approximate surface area is 184 Å². The summed E-state index contributed by atoms with van der Waals surface area (Å²) in [5.41, 5.74) is 3.25. The van der Waals surface area contributed by atoms with Crippen molar-refractivity contribution >= 4 is 23.6 Å². The fraction of sp³-hybridized carbons (Fsp3) is 0.261. The molecule has 1 fully saturated rings. The van der Waals surface area contributed by atoms with Crippen LogP contribution in [0.1, 0.15) is 12.8 Å². The van der Waals surface area contributed by atoms with Gasteiger partial charge in [-0.3, -0.25) is 4.79 Å². The Morgan fingerprint density at radius 1 is 0.903 bits per heavy atom. The zero-order valence-corrected chi connectivity index (χ0v) is 17.6. The summed E-state index contributed by atoms with van der Waals surface area (Å²) >= 11 is 1.24. The molecule has 0 saturated carbocycles. The maximum atomic E-state index is 12.6. The summed E-state index contributed by atoms with van der Waals surface area (Å²) in [5, 5.41) is 20.1. The molecule has 4 rings (SSSR count). The zero-order chi connectivity index (χ0) is 21.6. The van der Waals surface area contributed by atoms with Gasteiger partial charge in [0.2, 0.25) is 11.1 Å². The number of hydrogen-bond acceptors (Lipinski definition) is 7. The average molecular weight is 434 g/mol. The monoisotopic (exact) mass is 433 g/mol. The number of aromatic nitrogens is 3. The first kappa shape index (κ1) is 21.0. The van der Waals surface area contributed by atoms with Crippen LogP contribution in [0.25, 0.3) is 22.5 Å². The minimum absolute atomic E-state index is 0.0567. The lowest BCUT2D eigenvalue weighted by Crippen LogP contribution is -2.44. The smallest absolute Gasteiger partial charge is 0.233 e. The Kier molecular flexibility index (Phi) is 6.57. The van der Waals surface area contributed by atoms with E-state index in [1.807, 2.05) is 60.7 Å². The molecule has 0 aliphatic carbocycles. The minimum atomic E-state index is -1.03. The maximum absolute atomic E-state index is 12.6. The Balaban J connectivity index is 1.49. The number of hydrogen-bond donors (Lipinski definition) is 0. The third kappa shape index (κ3) is 5.08. The number of carbonyl (C=O) groups is 2. The predicted octanol–water partition coefficient (Wildman–Crippen LogP) is 2.29. The van der Waals surface area contributed by atoms with Crippen molar-refractivity contribution in [3.05, 3.63) is 60.7 Å². The van der Waals surface area contributed by atoms with Gasteiger partial charge in [-0.05, 0) is 12.8 Å². The van der Waals surface area contributed by atoms with Gasteiger partial charge in [0.15, 0.2) is 0 Å². The highest BCUT2D eigenvalue weighted by Gasteiger charge is 2.24. The van der Waals surface area contributed by atoms with E-state index >= 15 is 0 Å². The van der Waals surface area contributed by atoms with Gasteiger partial charge in [-0.25, -0.2) is 4.98 Å². The summed E-state index contributed by atoms with van der Waals surface area (Å²) in [4.78, 5) is 29.9. The van der Waals surface area contributed by atoms with Gasteiger partial charge < -0.3 is 14.8 Å². The summed E-state index contributed by atoms with van der Waals surface area (Å²) in [6, 6.07) is 19.5. The third-order valence-corrected chi connectivity index (χ3v) is 6.09. The van der Waals surface area contributed by atoms with Crippen LogP contribution in [0.4, 0.5) is 0 Å². The summed E-state index contributed by atoms with van der Waals surface area (Å²) in [6.07, 6.45) is 0.863. The molecule has 0 bridgehead atoms. The molecule has 0 N–H and O–H groups in total. The van der Waals surface area contributed by atoms with E-state index in [2.05, 4.69) is 10.2 Å². The molecule has 0 unspecified atom stereocenters. The molecule has 158 valence electrons. The third-order valence-electron chi connectivity index (χ3n) is 5.27.